The Kier molecular flexibility index (Phi) is 10.0. The first kappa shape index (κ1) is 22.5. The number of hydrogen-bond acceptors (Lipinski definition) is 5. The van der Waals surface area contributed by atoms with Crippen LogP contribution in [0.25, 0.3) is 6.08 Å². The van der Waals surface area contributed by atoms with Gasteiger partial charge in [-0.15, -0.1) is 0 Å². The van der Waals surface area contributed by atoms with Gasteiger partial charge in [0.15, 0.2) is 11.5 Å². The van der Waals surface area contributed by atoms with Crippen molar-refractivity contribution in [3.63, 3.8) is 0 Å². The van der Waals surface area contributed by atoms with Gasteiger partial charge in [0.2, 0.25) is 0 Å². The summed E-state index contributed by atoms with van der Waals surface area (Å²) in [6, 6.07) is 5.55. The molecular formula is C21H30O6. The van der Waals surface area contributed by atoms with Crippen LogP contribution < -0.4 is 9.47 Å². The highest BCUT2D eigenvalue weighted by Crippen LogP contribution is 2.28. The number of carboxylic acids is 1. The number of hydrogen-bond donors (Lipinski definition) is 1. The highest BCUT2D eigenvalue weighted by atomic mass is 16.5. The Hall–Kier alpha value is -2.50. The van der Waals surface area contributed by atoms with Crippen molar-refractivity contribution in [3.8, 4) is 11.5 Å². The van der Waals surface area contributed by atoms with Crippen LogP contribution in [-0.2, 0) is 14.3 Å². The Balaban J connectivity index is 2.45. The summed E-state index contributed by atoms with van der Waals surface area (Å²) in [7, 11) is 3.16. The lowest BCUT2D eigenvalue weighted by Crippen LogP contribution is -2.18. The molecule has 0 heterocycles. The molecular weight excluding hydrogens is 348 g/mol. The molecule has 0 saturated heterocycles. The maximum Gasteiger partial charge on any atom is 0.309 e. The van der Waals surface area contributed by atoms with Gasteiger partial charge in [0.25, 0.3) is 0 Å². The largest absolute Gasteiger partial charge is 0.493 e. The number of carboxylic acid groups (broad SMARTS) is 1. The minimum Gasteiger partial charge on any atom is -0.493 e. The van der Waals surface area contributed by atoms with Crippen LogP contribution in [-0.4, -0.2) is 37.9 Å². The zero-order valence-corrected chi connectivity index (χ0v) is 16.6. The van der Waals surface area contributed by atoms with Gasteiger partial charge < -0.3 is 19.3 Å². The van der Waals surface area contributed by atoms with Crippen LogP contribution in [0.1, 0.15) is 45.1 Å². The van der Waals surface area contributed by atoms with Crippen molar-refractivity contribution >= 4 is 18.0 Å². The van der Waals surface area contributed by atoms with Crippen LogP contribution >= 0.6 is 0 Å². The fourth-order valence-corrected chi connectivity index (χ4v) is 2.67. The normalized spacial score (nSPS) is 13.2. The zero-order chi connectivity index (χ0) is 20.2. The van der Waals surface area contributed by atoms with Gasteiger partial charge in [-0.25, -0.2) is 0 Å². The van der Waals surface area contributed by atoms with Crippen molar-refractivity contribution in [2.75, 3.05) is 20.8 Å². The molecule has 0 spiro atoms. The fraction of sp³-hybridized carbons (Fsp3) is 0.524. The van der Waals surface area contributed by atoms with Crippen LogP contribution in [0.2, 0.25) is 0 Å². The topological polar surface area (TPSA) is 82.1 Å². The molecule has 0 aromatic heterocycles. The quantitative estimate of drug-likeness (QED) is 0.550. The SMILES string of the molecule is CCC(CCCC(C)C(=O)O)C(=O)OC/C=C/c1ccc(OC)c(OC)c1. The zero-order valence-electron chi connectivity index (χ0n) is 16.6. The Labute approximate surface area is 161 Å². The molecule has 1 aromatic carbocycles. The second-order valence-electron chi connectivity index (χ2n) is 6.42. The molecule has 0 amide bonds. The maximum atomic E-state index is 12.2. The van der Waals surface area contributed by atoms with Gasteiger partial charge in [-0.05, 0) is 43.0 Å². The number of ether oxygens (including phenoxy) is 3. The molecule has 2 unspecified atom stereocenters. The van der Waals surface area contributed by atoms with E-state index in [4.69, 9.17) is 19.3 Å². The molecule has 150 valence electrons. The highest BCUT2D eigenvalue weighted by molar-refractivity contribution is 5.72. The van der Waals surface area contributed by atoms with E-state index in [0.717, 1.165) is 5.56 Å². The van der Waals surface area contributed by atoms with E-state index < -0.39 is 5.97 Å². The monoisotopic (exact) mass is 378 g/mol. The molecule has 1 rings (SSSR count). The second-order valence-corrected chi connectivity index (χ2v) is 6.42. The smallest absolute Gasteiger partial charge is 0.309 e. The van der Waals surface area contributed by atoms with Crippen molar-refractivity contribution in [1.29, 1.82) is 0 Å². The predicted octanol–water partition coefficient (Wildman–Crippen LogP) is 4.18. The van der Waals surface area contributed by atoms with Gasteiger partial charge in [-0.1, -0.05) is 32.4 Å². The number of esters is 1. The van der Waals surface area contributed by atoms with E-state index in [9.17, 15) is 9.59 Å². The molecule has 0 saturated carbocycles. The first-order valence-electron chi connectivity index (χ1n) is 9.20. The fourth-order valence-electron chi connectivity index (χ4n) is 2.67. The molecule has 6 heteroatoms. The molecule has 0 fully saturated rings. The average Bonchev–Trinajstić information content (AvgIpc) is 2.67. The number of benzene rings is 1. The Morgan fingerprint density at radius 3 is 2.44 bits per heavy atom. The van der Waals surface area contributed by atoms with Gasteiger partial charge in [0.1, 0.15) is 6.61 Å². The van der Waals surface area contributed by atoms with Gasteiger partial charge >= 0.3 is 11.9 Å². The maximum absolute atomic E-state index is 12.2. The Morgan fingerprint density at radius 1 is 1.15 bits per heavy atom. The molecule has 2 atom stereocenters. The van der Waals surface area contributed by atoms with E-state index in [2.05, 4.69) is 0 Å². The number of aliphatic carboxylic acids is 1. The van der Waals surface area contributed by atoms with Crippen molar-refractivity contribution in [2.45, 2.75) is 39.5 Å². The molecule has 1 aromatic rings. The number of rotatable bonds is 12. The highest BCUT2D eigenvalue weighted by Gasteiger charge is 2.19. The van der Waals surface area contributed by atoms with Gasteiger partial charge in [0, 0.05) is 0 Å². The lowest BCUT2D eigenvalue weighted by atomic mass is 9.96. The Morgan fingerprint density at radius 2 is 1.85 bits per heavy atom. The molecule has 0 aliphatic heterocycles. The lowest BCUT2D eigenvalue weighted by molar-refractivity contribution is -0.147. The first-order valence-corrected chi connectivity index (χ1v) is 9.20. The second kappa shape index (κ2) is 12.0. The van der Waals surface area contributed by atoms with E-state index >= 15 is 0 Å². The third kappa shape index (κ3) is 7.72. The van der Waals surface area contributed by atoms with Crippen LogP contribution in [0.4, 0.5) is 0 Å². The summed E-state index contributed by atoms with van der Waals surface area (Å²) >= 11 is 0. The van der Waals surface area contributed by atoms with Gasteiger partial charge in [0.05, 0.1) is 26.1 Å². The van der Waals surface area contributed by atoms with E-state index in [1.54, 1.807) is 27.2 Å². The predicted molar refractivity (Wildman–Crippen MR) is 104 cm³/mol. The van der Waals surface area contributed by atoms with Crippen LogP contribution in [0.3, 0.4) is 0 Å². The number of methoxy groups -OCH3 is 2. The molecule has 0 aliphatic rings. The minimum absolute atomic E-state index is 0.190. The first-order chi connectivity index (χ1) is 12.9. The summed E-state index contributed by atoms with van der Waals surface area (Å²) in [5.74, 6) is -0.325. The third-order valence-corrected chi connectivity index (χ3v) is 4.48. The van der Waals surface area contributed by atoms with E-state index in [1.165, 1.54) is 0 Å². The Bertz CT molecular complexity index is 638. The standard InChI is InChI=1S/C21H30O6/c1-5-17(10-6-8-15(2)20(22)23)21(24)27-13-7-9-16-11-12-18(25-3)19(14-16)26-4/h7,9,11-12,14-15,17H,5-6,8,10,13H2,1-4H3,(H,22,23)/b9-7+. The van der Waals surface area contributed by atoms with E-state index in [-0.39, 0.29) is 24.4 Å². The van der Waals surface area contributed by atoms with E-state index in [1.807, 2.05) is 31.2 Å². The number of carbonyl (C=O) groups is 2. The van der Waals surface area contributed by atoms with E-state index in [0.29, 0.717) is 37.2 Å². The van der Waals surface area contributed by atoms with Crippen molar-refractivity contribution in [3.05, 3.63) is 29.8 Å². The summed E-state index contributed by atoms with van der Waals surface area (Å²) < 4.78 is 15.8. The molecule has 6 nitrogen and oxygen atoms in total. The van der Waals surface area contributed by atoms with Crippen molar-refractivity contribution < 1.29 is 28.9 Å². The van der Waals surface area contributed by atoms with Crippen LogP contribution in [0.5, 0.6) is 11.5 Å². The van der Waals surface area contributed by atoms with Crippen molar-refractivity contribution in [1.82, 2.24) is 0 Å². The van der Waals surface area contributed by atoms with Crippen molar-refractivity contribution in [2.24, 2.45) is 11.8 Å². The summed E-state index contributed by atoms with van der Waals surface area (Å²) in [5.41, 5.74) is 0.915. The summed E-state index contributed by atoms with van der Waals surface area (Å²) in [6.45, 7) is 3.81. The summed E-state index contributed by atoms with van der Waals surface area (Å²) in [6.07, 6.45) is 6.22. The molecule has 0 bridgehead atoms. The van der Waals surface area contributed by atoms with Gasteiger partial charge in [-0.3, -0.25) is 9.59 Å². The minimum atomic E-state index is -0.800. The number of carbonyl (C=O) groups excluding carboxylic acids is 1. The average molecular weight is 378 g/mol. The molecule has 0 radical (unpaired) electrons. The van der Waals surface area contributed by atoms with Gasteiger partial charge in [-0.2, -0.15) is 0 Å². The third-order valence-electron chi connectivity index (χ3n) is 4.48. The molecule has 27 heavy (non-hydrogen) atoms. The summed E-state index contributed by atoms with van der Waals surface area (Å²) in [5, 5.41) is 8.90. The van der Waals surface area contributed by atoms with Crippen LogP contribution in [0.15, 0.2) is 24.3 Å². The molecule has 0 aliphatic carbocycles. The van der Waals surface area contributed by atoms with Crippen LogP contribution in [0, 0.1) is 11.8 Å². The molecule has 1 N–H and O–H groups in total. The summed E-state index contributed by atoms with van der Waals surface area (Å²) in [4.78, 5) is 23.0. The lowest BCUT2D eigenvalue weighted by Gasteiger charge is -2.14.